The number of carboxylic acids is 1. The largest absolute Gasteiger partial charge is 0.478 e. The Morgan fingerprint density at radius 3 is 2.74 bits per heavy atom. The summed E-state index contributed by atoms with van der Waals surface area (Å²) >= 11 is 2.93. The van der Waals surface area contributed by atoms with Gasteiger partial charge < -0.3 is 10.4 Å². The first-order chi connectivity index (χ1) is 8.84. The van der Waals surface area contributed by atoms with Crippen molar-refractivity contribution in [3.63, 3.8) is 0 Å². The molecule has 2 N–H and O–H groups in total. The third-order valence-electron chi connectivity index (χ3n) is 2.75. The van der Waals surface area contributed by atoms with Crippen LogP contribution in [0.1, 0.15) is 23.7 Å². The second-order valence-corrected chi connectivity index (χ2v) is 6.71. The van der Waals surface area contributed by atoms with E-state index in [1.54, 1.807) is 6.26 Å². The van der Waals surface area contributed by atoms with Gasteiger partial charge in [-0.2, -0.15) is 0 Å². The molecule has 2 atom stereocenters. The molecule has 4 nitrogen and oxygen atoms in total. The van der Waals surface area contributed by atoms with Gasteiger partial charge in [0.2, 0.25) is 0 Å². The highest BCUT2D eigenvalue weighted by Crippen LogP contribution is 2.27. The summed E-state index contributed by atoms with van der Waals surface area (Å²) in [6.07, 6.45) is 2.27. The number of carboxylic acid groups (broad SMARTS) is 1. The first-order valence-corrected chi connectivity index (χ1v) is 8.03. The van der Waals surface area contributed by atoms with Crippen molar-refractivity contribution >= 4 is 38.4 Å². The Hall–Kier alpha value is -0.950. The molecule has 0 aliphatic carbocycles. The minimum atomic E-state index is -1.19. The molecule has 1 aromatic rings. The predicted molar refractivity (Wildman–Crippen MR) is 77.7 cm³/mol. The topological polar surface area (TPSA) is 66.4 Å². The Bertz CT molecular complexity index is 510. The quantitative estimate of drug-likeness (QED) is 0.826. The summed E-state index contributed by atoms with van der Waals surface area (Å²) in [7, 11) is -0.909. The molecule has 0 saturated heterocycles. The predicted octanol–water partition coefficient (Wildman–Crippen LogP) is 2.86. The molecule has 7 heteroatoms. The molecule has 0 spiro atoms. The van der Waals surface area contributed by atoms with Crippen LogP contribution in [0.25, 0.3) is 0 Å². The number of aromatic carboxylic acids is 1. The number of nitrogens with one attached hydrogen (secondary N) is 1. The smallest absolute Gasteiger partial charge is 0.336 e. The standard InChI is InChI=1S/C12H15BrFNO3S/c1-7(19(2)18)5-6-15-9-4-3-8(12(16)17)10(13)11(9)14/h3-4,7,15H,5-6H2,1-2H3,(H,16,17). The lowest BCUT2D eigenvalue weighted by molar-refractivity contribution is 0.0695. The van der Waals surface area contributed by atoms with Gasteiger partial charge in [0, 0.05) is 28.9 Å². The zero-order chi connectivity index (χ0) is 14.6. The molecule has 0 fully saturated rings. The molecule has 0 saturated carbocycles. The number of hydrogen-bond acceptors (Lipinski definition) is 3. The molecule has 19 heavy (non-hydrogen) atoms. The number of halogens is 2. The van der Waals surface area contributed by atoms with E-state index in [1.165, 1.54) is 12.1 Å². The third kappa shape index (κ3) is 4.28. The fourth-order valence-electron chi connectivity index (χ4n) is 1.43. The molecule has 0 aromatic heterocycles. The Kier molecular flexibility index (Phi) is 5.93. The average molecular weight is 352 g/mol. The highest BCUT2D eigenvalue weighted by atomic mass is 79.9. The summed E-state index contributed by atoms with van der Waals surface area (Å²) in [5.74, 6) is -1.82. The number of benzene rings is 1. The first-order valence-electron chi connectivity index (χ1n) is 5.62. The van der Waals surface area contributed by atoms with Gasteiger partial charge in [-0.15, -0.1) is 0 Å². The van der Waals surface area contributed by atoms with Gasteiger partial charge in [-0.05, 0) is 34.5 Å². The van der Waals surface area contributed by atoms with Gasteiger partial charge in [-0.1, -0.05) is 6.92 Å². The minimum Gasteiger partial charge on any atom is -0.478 e. The maximum absolute atomic E-state index is 13.9. The second-order valence-electron chi connectivity index (χ2n) is 4.12. The fourth-order valence-corrected chi connectivity index (χ4v) is 2.39. The molecule has 1 rings (SSSR count). The van der Waals surface area contributed by atoms with Crippen molar-refractivity contribution in [3.05, 3.63) is 28.0 Å². The zero-order valence-electron chi connectivity index (χ0n) is 10.6. The lowest BCUT2D eigenvalue weighted by Gasteiger charge is -2.12. The van der Waals surface area contributed by atoms with E-state index in [9.17, 15) is 13.4 Å². The highest BCUT2D eigenvalue weighted by Gasteiger charge is 2.15. The Balaban J connectivity index is 2.73. The second kappa shape index (κ2) is 7.00. The number of hydrogen-bond donors (Lipinski definition) is 2. The van der Waals surface area contributed by atoms with Crippen molar-refractivity contribution in [2.45, 2.75) is 18.6 Å². The van der Waals surface area contributed by atoms with Crippen LogP contribution in [0.2, 0.25) is 0 Å². The van der Waals surface area contributed by atoms with Gasteiger partial charge in [0.15, 0.2) is 5.82 Å². The van der Waals surface area contributed by atoms with Crippen LogP contribution >= 0.6 is 15.9 Å². The van der Waals surface area contributed by atoms with Crippen LogP contribution in [0, 0.1) is 5.82 Å². The highest BCUT2D eigenvalue weighted by molar-refractivity contribution is 9.10. The number of rotatable bonds is 6. The van der Waals surface area contributed by atoms with Gasteiger partial charge in [-0.25, -0.2) is 9.18 Å². The Labute approximate surface area is 122 Å². The summed E-state index contributed by atoms with van der Waals surface area (Å²) in [4.78, 5) is 10.8. The van der Waals surface area contributed by atoms with Crippen LogP contribution in [0.5, 0.6) is 0 Å². The summed E-state index contributed by atoms with van der Waals surface area (Å²) in [5, 5.41) is 11.7. The molecule has 106 valence electrons. The Morgan fingerprint density at radius 1 is 1.58 bits per heavy atom. The SMILES string of the molecule is CC(CCNc1ccc(C(=O)O)c(Br)c1F)S(C)=O. The van der Waals surface area contributed by atoms with Crippen LogP contribution in [-0.2, 0) is 10.8 Å². The van der Waals surface area contributed by atoms with Crippen LogP contribution < -0.4 is 5.32 Å². The molecular weight excluding hydrogens is 337 g/mol. The van der Waals surface area contributed by atoms with Crippen molar-refractivity contribution in [2.24, 2.45) is 0 Å². The molecule has 0 amide bonds. The number of anilines is 1. The van der Waals surface area contributed by atoms with Crippen LogP contribution in [-0.4, -0.2) is 33.3 Å². The third-order valence-corrected chi connectivity index (χ3v) is 4.89. The lowest BCUT2D eigenvalue weighted by atomic mass is 10.2. The lowest BCUT2D eigenvalue weighted by Crippen LogP contribution is -2.15. The zero-order valence-corrected chi connectivity index (χ0v) is 13.0. The molecular formula is C12H15BrFNO3S. The number of carbonyl (C=O) groups is 1. The monoisotopic (exact) mass is 351 g/mol. The van der Waals surface area contributed by atoms with Gasteiger partial charge in [0.25, 0.3) is 0 Å². The van der Waals surface area contributed by atoms with Crippen molar-refractivity contribution < 1.29 is 18.5 Å². The van der Waals surface area contributed by atoms with Crippen LogP contribution in [0.15, 0.2) is 16.6 Å². The van der Waals surface area contributed by atoms with E-state index in [4.69, 9.17) is 5.11 Å². The van der Waals surface area contributed by atoms with E-state index < -0.39 is 22.6 Å². The van der Waals surface area contributed by atoms with E-state index in [0.717, 1.165) is 0 Å². The maximum atomic E-state index is 13.9. The molecule has 1 aromatic carbocycles. The molecule has 0 aliphatic rings. The first kappa shape index (κ1) is 16.1. The molecule has 2 unspecified atom stereocenters. The van der Waals surface area contributed by atoms with E-state index in [2.05, 4.69) is 21.2 Å². The van der Waals surface area contributed by atoms with Gasteiger partial charge in [-0.3, -0.25) is 4.21 Å². The van der Waals surface area contributed by atoms with Crippen LogP contribution in [0.3, 0.4) is 0 Å². The maximum Gasteiger partial charge on any atom is 0.336 e. The van der Waals surface area contributed by atoms with Gasteiger partial charge in [0.05, 0.1) is 15.7 Å². The normalized spacial score (nSPS) is 13.9. The van der Waals surface area contributed by atoms with Gasteiger partial charge >= 0.3 is 5.97 Å². The van der Waals surface area contributed by atoms with Crippen molar-refractivity contribution in [1.82, 2.24) is 0 Å². The van der Waals surface area contributed by atoms with E-state index in [1.807, 2.05) is 6.92 Å². The average Bonchev–Trinajstić information content (AvgIpc) is 2.33. The molecule has 0 heterocycles. The van der Waals surface area contributed by atoms with Gasteiger partial charge in [0.1, 0.15) is 0 Å². The van der Waals surface area contributed by atoms with Crippen LogP contribution in [0.4, 0.5) is 10.1 Å². The minimum absolute atomic E-state index is 0.0253. The summed E-state index contributed by atoms with van der Waals surface area (Å²) in [6.45, 7) is 2.33. The molecule has 0 radical (unpaired) electrons. The van der Waals surface area contributed by atoms with Crippen molar-refractivity contribution in [3.8, 4) is 0 Å². The summed E-state index contributed by atoms with van der Waals surface area (Å²) in [5.41, 5.74) is 0.108. The summed E-state index contributed by atoms with van der Waals surface area (Å²) in [6, 6.07) is 2.72. The molecule has 0 aliphatic heterocycles. The Morgan fingerprint density at radius 2 is 2.21 bits per heavy atom. The van der Waals surface area contributed by atoms with E-state index >= 15 is 0 Å². The van der Waals surface area contributed by atoms with Crippen molar-refractivity contribution in [2.75, 3.05) is 18.1 Å². The van der Waals surface area contributed by atoms with E-state index in [-0.39, 0.29) is 21.0 Å². The van der Waals surface area contributed by atoms with Crippen molar-refractivity contribution in [1.29, 1.82) is 0 Å². The fraction of sp³-hybridized carbons (Fsp3) is 0.417. The molecule has 0 bridgehead atoms. The summed E-state index contributed by atoms with van der Waals surface area (Å²) < 4.78 is 25.0. The van der Waals surface area contributed by atoms with E-state index in [0.29, 0.717) is 13.0 Å².